The monoisotopic (exact) mass is 584 g/mol. The smallest absolute Gasteiger partial charge is 0.0940 e. The summed E-state index contributed by atoms with van der Waals surface area (Å²) in [6.07, 6.45) is 10.6. The first-order valence-electron chi connectivity index (χ1n) is 17.0. The van der Waals surface area contributed by atoms with Crippen LogP contribution in [0.5, 0.6) is 0 Å². The van der Waals surface area contributed by atoms with Gasteiger partial charge in [0.25, 0.3) is 0 Å². The molecule has 1 unspecified atom stereocenters. The van der Waals surface area contributed by atoms with Gasteiger partial charge in [0.15, 0.2) is 0 Å². The van der Waals surface area contributed by atoms with E-state index in [1.807, 2.05) is 48.6 Å². The molecule has 0 bridgehead atoms. The van der Waals surface area contributed by atoms with Crippen molar-refractivity contribution in [2.75, 3.05) is 101 Å². The molecule has 5 fully saturated rings. The minimum atomic E-state index is -0.443. The second kappa shape index (κ2) is 21.2. The Morgan fingerprint density at radius 1 is 0.756 bits per heavy atom. The maximum atomic E-state index is 9.90. The van der Waals surface area contributed by atoms with E-state index in [1.165, 1.54) is 71.4 Å². The fourth-order valence-corrected chi connectivity index (χ4v) is 6.29. The van der Waals surface area contributed by atoms with Crippen LogP contribution in [0.3, 0.4) is 0 Å². The number of epoxide rings is 1. The van der Waals surface area contributed by atoms with Crippen LogP contribution in [0.1, 0.15) is 86.5 Å². The fourth-order valence-electron chi connectivity index (χ4n) is 6.29. The summed E-state index contributed by atoms with van der Waals surface area (Å²) in [5.41, 5.74) is 0.520. The third-order valence-corrected chi connectivity index (χ3v) is 9.10. The number of hydrogen-bond acceptors (Lipinski definition) is 7. The molecule has 0 aliphatic carbocycles. The van der Waals surface area contributed by atoms with E-state index in [1.54, 1.807) is 0 Å². The molecule has 41 heavy (non-hydrogen) atoms. The third kappa shape index (κ3) is 15.1. The first-order chi connectivity index (χ1) is 19.6. The number of likely N-dealkylation sites (N-methyl/N-ethyl adjacent to an activating group) is 1. The van der Waals surface area contributed by atoms with E-state index in [4.69, 9.17) is 4.74 Å². The van der Waals surface area contributed by atoms with E-state index in [2.05, 4.69) is 65.8 Å². The summed E-state index contributed by atoms with van der Waals surface area (Å²) >= 11 is 0. The summed E-state index contributed by atoms with van der Waals surface area (Å²) in [5, 5.41) is 12.9. The molecule has 5 aliphatic heterocycles. The molecule has 0 aromatic carbocycles. The largest absolute Gasteiger partial charge is 0.388 e. The Bertz CT molecular complexity index is 631. The Kier molecular flexibility index (Phi) is 20.9. The molecule has 5 saturated heterocycles. The predicted octanol–water partition coefficient (Wildman–Crippen LogP) is 5.06. The Hall–Kier alpha value is -0.540. The van der Waals surface area contributed by atoms with Crippen LogP contribution in [0.15, 0.2) is 12.7 Å². The summed E-state index contributed by atoms with van der Waals surface area (Å²) in [4.78, 5) is 9.58. The number of rotatable bonds is 3. The van der Waals surface area contributed by atoms with E-state index < -0.39 is 5.60 Å². The fraction of sp³-hybridized carbons (Fsp3) is 0.941. The molecule has 5 heterocycles. The van der Waals surface area contributed by atoms with Crippen molar-refractivity contribution in [3.8, 4) is 0 Å². The number of nitrogens with one attached hydrogen (secondary N) is 1. The van der Waals surface area contributed by atoms with Gasteiger partial charge in [-0.15, -0.1) is 6.58 Å². The minimum Gasteiger partial charge on any atom is -0.388 e. The Balaban J connectivity index is 0.000000549. The standard InChI is InChI=1S/C13H24N2.C8H18N2O.C7H13NO.3C2H6/c1-4-12-9-13(11-15(3)10-12)5-7-14(2)8-6-13;1-9-7-8(11)3-5-10(2)6-4-8;1-8-4-2-7(3-5-8)6-9-7;3*1-2/h4,12H,1,5-11H2,2-3H3;9,11H,3-7H2,1-2H3;2-6H2,1H3;3*1-2H3. The van der Waals surface area contributed by atoms with Gasteiger partial charge in [-0.05, 0) is 105 Å². The highest BCUT2D eigenvalue weighted by molar-refractivity contribution is 4.98. The van der Waals surface area contributed by atoms with Gasteiger partial charge in [-0.25, -0.2) is 0 Å². The molecule has 0 radical (unpaired) electrons. The van der Waals surface area contributed by atoms with Crippen molar-refractivity contribution in [2.24, 2.45) is 11.3 Å². The number of nitrogens with zero attached hydrogens (tertiary/aromatic N) is 4. The maximum Gasteiger partial charge on any atom is 0.0940 e. The Morgan fingerprint density at radius 2 is 1.17 bits per heavy atom. The van der Waals surface area contributed by atoms with Crippen LogP contribution in [-0.4, -0.2) is 137 Å². The van der Waals surface area contributed by atoms with Crippen molar-refractivity contribution in [3.63, 3.8) is 0 Å². The molecule has 7 heteroatoms. The van der Waals surface area contributed by atoms with Crippen LogP contribution in [0.2, 0.25) is 0 Å². The maximum absolute atomic E-state index is 9.90. The van der Waals surface area contributed by atoms with E-state index in [9.17, 15) is 5.11 Å². The summed E-state index contributed by atoms with van der Waals surface area (Å²) in [6.45, 7) is 27.3. The quantitative estimate of drug-likeness (QED) is 0.356. The van der Waals surface area contributed by atoms with Gasteiger partial charge in [-0.3, -0.25) is 0 Å². The van der Waals surface area contributed by atoms with Gasteiger partial charge in [-0.2, -0.15) is 0 Å². The summed E-state index contributed by atoms with van der Waals surface area (Å²) < 4.78 is 5.36. The number of hydrogen-bond donors (Lipinski definition) is 2. The van der Waals surface area contributed by atoms with E-state index in [0.29, 0.717) is 16.9 Å². The lowest BCUT2D eigenvalue weighted by Crippen LogP contribution is -2.50. The van der Waals surface area contributed by atoms with Crippen LogP contribution in [0, 0.1) is 11.3 Å². The molecule has 0 amide bonds. The Morgan fingerprint density at radius 3 is 1.56 bits per heavy atom. The van der Waals surface area contributed by atoms with Gasteiger partial charge in [0.1, 0.15) is 0 Å². The summed E-state index contributed by atoms with van der Waals surface area (Å²) in [5.74, 6) is 0.715. The molecule has 7 nitrogen and oxygen atoms in total. The second-order valence-electron chi connectivity index (χ2n) is 12.5. The number of ether oxygens (including phenoxy) is 1. The van der Waals surface area contributed by atoms with Crippen molar-refractivity contribution < 1.29 is 9.84 Å². The van der Waals surface area contributed by atoms with Crippen molar-refractivity contribution in [1.29, 1.82) is 0 Å². The van der Waals surface area contributed by atoms with E-state index in [0.717, 1.165) is 39.1 Å². The number of likely N-dealkylation sites (tertiary alicyclic amines) is 4. The first-order valence-corrected chi connectivity index (χ1v) is 17.0. The van der Waals surface area contributed by atoms with Gasteiger partial charge in [-0.1, -0.05) is 47.6 Å². The van der Waals surface area contributed by atoms with Crippen LogP contribution in [0.25, 0.3) is 0 Å². The van der Waals surface area contributed by atoms with Crippen molar-refractivity contribution in [3.05, 3.63) is 12.7 Å². The Labute approximate surface area is 257 Å². The molecule has 2 spiro atoms. The molecule has 5 aliphatic rings. The molecule has 0 saturated carbocycles. The van der Waals surface area contributed by atoms with Crippen molar-refractivity contribution >= 4 is 0 Å². The number of aliphatic hydroxyl groups is 1. The highest BCUT2D eigenvalue weighted by Gasteiger charge is 2.46. The molecule has 0 aromatic heterocycles. The average Bonchev–Trinajstić information content (AvgIpc) is 3.77. The zero-order valence-electron chi connectivity index (χ0n) is 29.5. The molecule has 0 aromatic rings. The van der Waals surface area contributed by atoms with Gasteiger partial charge < -0.3 is 34.8 Å². The van der Waals surface area contributed by atoms with Crippen LogP contribution < -0.4 is 5.32 Å². The molecule has 1 atom stereocenters. The molecule has 2 N–H and O–H groups in total. The van der Waals surface area contributed by atoms with Gasteiger partial charge >= 0.3 is 0 Å². The van der Waals surface area contributed by atoms with Crippen LogP contribution in [0.4, 0.5) is 0 Å². The zero-order valence-corrected chi connectivity index (χ0v) is 29.5. The molecule has 5 rings (SSSR count). The van der Waals surface area contributed by atoms with E-state index >= 15 is 0 Å². The lowest BCUT2D eigenvalue weighted by molar-refractivity contribution is -0.0129. The third-order valence-electron chi connectivity index (χ3n) is 9.10. The molecule has 246 valence electrons. The lowest BCUT2D eigenvalue weighted by Gasteiger charge is -2.48. The van der Waals surface area contributed by atoms with Crippen LogP contribution in [-0.2, 0) is 4.74 Å². The predicted molar refractivity (Wildman–Crippen MR) is 180 cm³/mol. The summed E-state index contributed by atoms with van der Waals surface area (Å²) in [6, 6.07) is 0. The van der Waals surface area contributed by atoms with Gasteiger partial charge in [0.2, 0.25) is 0 Å². The van der Waals surface area contributed by atoms with E-state index in [-0.39, 0.29) is 0 Å². The topological polar surface area (TPSA) is 57.8 Å². The second-order valence-corrected chi connectivity index (χ2v) is 12.5. The van der Waals surface area contributed by atoms with Crippen molar-refractivity contribution in [1.82, 2.24) is 24.9 Å². The molecular formula is C34H73N5O2. The minimum absolute atomic E-state index is 0.368. The summed E-state index contributed by atoms with van der Waals surface area (Å²) in [7, 11) is 10.7. The van der Waals surface area contributed by atoms with Crippen molar-refractivity contribution in [2.45, 2.75) is 97.7 Å². The lowest BCUT2D eigenvalue weighted by atomic mass is 9.69. The van der Waals surface area contributed by atoms with Gasteiger partial charge in [0.05, 0.1) is 17.8 Å². The highest BCUT2D eigenvalue weighted by Crippen LogP contribution is 2.41. The van der Waals surface area contributed by atoms with Gasteiger partial charge in [0, 0.05) is 45.8 Å². The first kappa shape index (κ1) is 40.5. The normalized spacial score (nSPS) is 26.6. The highest BCUT2D eigenvalue weighted by atomic mass is 16.6. The zero-order chi connectivity index (χ0) is 31.5. The van der Waals surface area contributed by atoms with Crippen LogP contribution >= 0.6 is 0 Å². The SMILES string of the molecule is C=CC1CN(C)CC2(CCN(C)CC2)C1.CC.CC.CC.CN1CCC2(CC1)CO2.CNCC1(O)CCN(C)CC1. The average molecular weight is 584 g/mol. The molecular weight excluding hydrogens is 510 g/mol. The number of piperidine rings is 4.